The highest BCUT2D eigenvalue weighted by Gasteiger charge is 2.30. The van der Waals surface area contributed by atoms with Crippen LogP contribution in [0.1, 0.15) is 21.5 Å². The van der Waals surface area contributed by atoms with Crippen molar-refractivity contribution in [2.45, 2.75) is 12.6 Å². The summed E-state index contributed by atoms with van der Waals surface area (Å²) in [6.45, 7) is 0.990. The van der Waals surface area contributed by atoms with E-state index >= 15 is 0 Å². The zero-order valence-electron chi connectivity index (χ0n) is 15.6. The molecule has 0 aromatic heterocycles. The number of hydrogen-bond acceptors (Lipinski definition) is 3. The number of carboxylic acids is 1. The molecule has 3 rings (SSSR count). The average Bonchev–Trinajstić information content (AvgIpc) is 2.69. The first-order valence-corrected chi connectivity index (χ1v) is 8.89. The Bertz CT molecular complexity index is 929. The number of halogens is 3. The number of rotatable bonds is 5. The maximum absolute atomic E-state index is 12.6. The van der Waals surface area contributed by atoms with Gasteiger partial charge in [0.2, 0.25) is 0 Å². The molecule has 0 aliphatic heterocycles. The van der Waals surface area contributed by atoms with E-state index in [1.54, 1.807) is 6.07 Å². The molecule has 0 aliphatic carbocycles. The van der Waals surface area contributed by atoms with Gasteiger partial charge < -0.3 is 21.0 Å². The van der Waals surface area contributed by atoms with Crippen LogP contribution in [0.3, 0.4) is 0 Å². The monoisotopic (exact) mass is 402 g/mol. The van der Waals surface area contributed by atoms with Crippen molar-refractivity contribution in [1.29, 1.82) is 0 Å². The molecule has 0 radical (unpaired) electrons. The lowest BCUT2D eigenvalue weighted by Gasteiger charge is -2.14. The lowest BCUT2D eigenvalue weighted by atomic mass is 10.1. The third kappa shape index (κ3) is 6.97. The topological polar surface area (TPSA) is 79.8 Å². The normalized spacial score (nSPS) is 10.6. The molecule has 0 bridgehead atoms. The number of alkyl halides is 3. The summed E-state index contributed by atoms with van der Waals surface area (Å²) in [5.41, 5.74) is 4.55. The van der Waals surface area contributed by atoms with Gasteiger partial charge in [-0.3, -0.25) is 0 Å². The molecule has 0 aliphatic rings. The number of para-hydroxylation sites is 1. The van der Waals surface area contributed by atoms with Crippen molar-refractivity contribution in [3.8, 4) is 0 Å². The van der Waals surface area contributed by atoms with E-state index in [1.165, 1.54) is 35.9 Å². The predicted molar refractivity (Wildman–Crippen MR) is 103 cm³/mol. The van der Waals surface area contributed by atoms with Gasteiger partial charge in [-0.25, -0.2) is 0 Å². The maximum atomic E-state index is 12.6. The Morgan fingerprint density at radius 1 is 0.931 bits per heavy atom. The Morgan fingerprint density at radius 3 is 2.21 bits per heavy atom. The largest absolute Gasteiger partial charge is 0.545 e. The predicted octanol–water partition coefficient (Wildman–Crippen LogP) is 3.28. The summed E-state index contributed by atoms with van der Waals surface area (Å²) in [7, 11) is 0. The number of hydrogen-bond donors (Lipinski definition) is 2. The number of carbonyl (C=O) groups excluding carboxylic acids is 1. The van der Waals surface area contributed by atoms with E-state index in [1.807, 2.05) is 6.07 Å². The zero-order chi connectivity index (χ0) is 21.3. The van der Waals surface area contributed by atoms with Crippen LogP contribution in [0.2, 0.25) is 0 Å². The molecule has 0 saturated heterocycles. The van der Waals surface area contributed by atoms with Crippen LogP contribution >= 0.6 is 0 Å². The smallest absolute Gasteiger partial charge is 0.416 e. The minimum Gasteiger partial charge on any atom is -0.545 e. The first-order chi connectivity index (χ1) is 13.8. The summed E-state index contributed by atoms with van der Waals surface area (Å²) in [4.78, 5) is 10.9. The summed E-state index contributed by atoms with van der Waals surface area (Å²) >= 11 is 0. The molecule has 3 aromatic rings. The van der Waals surface area contributed by atoms with Crippen LogP contribution in [0.4, 0.5) is 24.5 Å². The van der Waals surface area contributed by atoms with Crippen molar-refractivity contribution in [1.82, 2.24) is 0 Å². The van der Waals surface area contributed by atoms with E-state index in [2.05, 4.69) is 35.3 Å². The van der Waals surface area contributed by atoms with Gasteiger partial charge in [0.15, 0.2) is 0 Å². The molecular formula is C22H21F3N2O2. The van der Waals surface area contributed by atoms with Gasteiger partial charge in [-0.1, -0.05) is 54.6 Å². The molecule has 29 heavy (non-hydrogen) atoms. The van der Waals surface area contributed by atoms with E-state index in [4.69, 9.17) is 0 Å². The Labute approximate surface area is 166 Å². The minimum atomic E-state index is -4.45. The molecule has 0 amide bonds. The van der Waals surface area contributed by atoms with Crippen molar-refractivity contribution >= 4 is 17.3 Å². The Kier molecular flexibility index (Phi) is 7.79. The van der Waals surface area contributed by atoms with Crippen molar-refractivity contribution in [3.05, 3.63) is 95.6 Å². The molecule has 152 valence electrons. The van der Waals surface area contributed by atoms with Gasteiger partial charge in [0.25, 0.3) is 0 Å². The average molecular weight is 402 g/mol. The van der Waals surface area contributed by atoms with Crippen LogP contribution in [-0.4, -0.2) is 12.5 Å². The Morgan fingerprint density at radius 2 is 1.59 bits per heavy atom. The molecule has 4 N–H and O–H groups in total. The minimum absolute atomic E-state index is 0.120. The Balaban J connectivity index is 0.000000278. The fraction of sp³-hybridized carbons (Fsp3) is 0.136. The lowest BCUT2D eigenvalue weighted by Crippen LogP contribution is -2.51. The van der Waals surface area contributed by atoms with Crippen molar-refractivity contribution in [2.75, 3.05) is 11.9 Å². The molecule has 0 heterocycles. The molecule has 0 fully saturated rings. The van der Waals surface area contributed by atoms with Crippen LogP contribution < -0.4 is 16.2 Å². The van der Waals surface area contributed by atoms with E-state index in [-0.39, 0.29) is 16.9 Å². The first kappa shape index (κ1) is 22.0. The summed E-state index contributed by atoms with van der Waals surface area (Å²) in [6, 6.07) is 20.8. The molecular weight excluding hydrogens is 381 g/mol. The van der Waals surface area contributed by atoms with Gasteiger partial charge in [-0.2, -0.15) is 13.2 Å². The fourth-order valence-corrected chi connectivity index (χ4v) is 2.55. The third-order valence-electron chi connectivity index (χ3n) is 3.92. The van der Waals surface area contributed by atoms with Gasteiger partial charge in [-0.05, 0) is 29.8 Å². The number of aromatic carboxylic acids is 1. The van der Waals surface area contributed by atoms with E-state index in [0.717, 1.165) is 25.1 Å². The van der Waals surface area contributed by atoms with E-state index in [9.17, 15) is 23.1 Å². The molecule has 4 nitrogen and oxygen atoms in total. The number of nitrogens with one attached hydrogen (secondary N) is 1. The zero-order valence-corrected chi connectivity index (χ0v) is 15.6. The van der Waals surface area contributed by atoms with Gasteiger partial charge in [0, 0.05) is 23.4 Å². The highest BCUT2D eigenvalue weighted by Crippen LogP contribution is 2.31. The quantitative estimate of drug-likeness (QED) is 0.687. The molecule has 7 heteroatoms. The van der Waals surface area contributed by atoms with Gasteiger partial charge in [0.1, 0.15) is 0 Å². The number of carboxylic acid groups (broad SMARTS) is 1. The first-order valence-electron chi connectivity index (χ1n) is 8.89. The highest BCUT2D eigenvalue weighted by atomic mass is 19.4. The van der Waals surface area contributed by atoms with Crippen molar-refractivity contribution in [3.63, 3.8) is 0 Å². The van der Waals surface area contributed by atoms with Crippen molar-refractivity contribution in [2.24, 2.45) is 0 Å². The van der Waals surface area contributed by atoms with E-state index in [0.29, 0.717) is 0 Å². The van der Waals surface area contributed by atoms with Gasteiger partial charge in [-0.15, -0.1) is 0 Å². The lowest BCUT2D eigenvalue weighted by molar-refractivity contribution is -0.366. The van der Waals surface area contributed by atoms with Crippen molar-refractivity contribution < 1.29 is 28.8 Å². The van der Waals surface area contributed by atoms with Gasteiger partial charge in [0.05, 0.1) is 18.1 Å². The molecule has 0 unspecified atom stereocenters. The van der Waals surface area contributed by atoms with Crippen LogP contribution in [0, 0.1) is 0 Å². The van der Waals surface area contributed by atoms with Crippen LogP contribution in [-0.2, 0) is 12.6 Å². The summed E-state index contributed by atoms with van der Waals surface area (Å²) in [6.07, 6.45) is -3.35. The second-order valence-electron chi connectivity index (χ2n) is 6.13. The number of anilines is 2. The fourth-order valence-electron chi connectivity index (χ4n) is 2.55. The van der Waals surface area contributed by atoms with Gasteiger partial charge >= 0.3 is 6.18 Å². The molecule has 0 saturated carbocycles. The second kappa shape index (κ2) is 10.3. The van der Waals surface area contributed by atoms with Crippen LogP contribution in [0.15, 0.2) is 78.9 Å². The number of quaternary nitrogens is 1. The van der Waals surface area contributed by atoms with E-state index < -0.39 is 17.7 Å². The summed E-state index contributed by atoms with van der Waals surface area (Å²) in [5.74, 6) is -1.40. The standard InChI is InChI=1S/C14H10F3NO2.C8H11N/c15-14(16,17)9-4-3-5-10(8-9)18-12-7-2-1-6-11(12)13(19)20;9-7-6-8-4-2-1-3-5-8/h1-8,18H,(H,19,20);1-5H,6-7,9H2. The summed E-state index contributed by atoms with van der Waals surface area (Å²) in [5, 5.41) is 13.6. The Hall–Kier alpha value is -3.32. The third-order valence-corrected chi connectivity index (χ3v) is 3.92. The molecule has 0 spiro atoms. The second-order valence-corrected chi connectivity index (χ2v) is 6.13. The molecule has 3 aromatic carbocycles. The number of benzene rings is 3. The van der Waals surface area contributed by atoms with Crippen LogP contribution in [0.25, 0.3) is 0 Å². The van der Waals surface area contributed by atoms with Crippen LogP contribution in [0.5, 0.6) is 0 Å². The molecule has 0 atom stereocenters. The maximum Gasteiger partial charge on any atom is 0.416 e. The highest BCUT2D eigenvalue weighted by molar-refractivity contribution is 5.93. The number of carbonyl (C=O) groups is 1. The summed E-state index contributed by atoms with van der Waals surface area (Å²) < 4.78 is 37.7. The SMILES string of the molecule is O=C([O-])c1ccccc1Nc1cccc(C(F)(F)F)c1.[NH3+]CCc1ccccc1.